The molecule has 0 radical (unpaired) electrons. The van der Waals surface area contributed by atoms with E-state index in [-0.39, 0.29) is 5.43 Å². The Hall–Kier alpha value is -1.13. The van der Waals surface area contributed by atoms with Gasteiger partial charge in [-0.05, 0) is 53.1 Å². The summed E-state index contributed by atoms with van der Waals surface area (Å²) in [6.45, 7) is 6.52. The number of H-pyrrole nitrogens is 1. The molecule has 0 unspecified atom stereocenters. The molecule has 1 fully saturated rings. The fourth-order valence-electron chi connectivity index (χ4n) is 2.78. The Morgan fingerprint density at radius 3 is 2.95 bits per heavy atom. The molecule has 112 valence electrons. The SMILES string of the molecule is Cc1c[nH]c(CN(C)CCC[C@@H]2CCCO2)c(C)c1=O. The molecular weight excluding hydrogens is 252 g/mol. The molecule has 1 aliphatic heterocycles. The highest BCUT2D eigenvalue weighted by molar-refractivity contribution is 5.23. The minimum Gasteiger partial charge on any atom is -0.378 e. The maximum Gasteiger partial charge on any atom is 0.187 e. The Morgan fingerprint density at radius 1 is 1.45 bits per heavy atom. The number of nitrogens with one attached hydrogen (secondary N) is 1. The Morgan fingerprint density at radius 2 is 2.25 bits per heavy atom. The first-order valence-corrected chi connectivity index (χ1v) is 7.56. The van der Waals surface area contributed by atoms with E-state index >= 15 is 0 Å². The van der Waals surface area contributed by atoms with Crippen LogP contribution in [0, 0.1) is 13.8 Å². The van der Waals surface area contributed by atoms with Gasteiger partial charge in [-0.15, -0.1) is 0 Å². The Bertz CT molecular complexity index is 490. The summed E-state index contributed by atoms with van der Waals surface area (Å²) in [5.41, 5.74) is 2.81. The Labute approximate surface area is 121 Å². The van der Waals surface area contributed by atoms with E-state index in [1.807, 2.05) is 20.0 Å². The van der Waals surface area contributed by atoms with Crippen molar-refractivity contribution in [1.82, 2.24) is 9.88 Å². The van der Waals surface area contributed by atoms with Gasteiger partial charge in [0.1, 0.15) is 0 Å². The van der Waals surface area contributed by atoms with Crippen LogP contribution in [0.5, 0.6) is 0 Å². The highest BCUT2D eigenvalue weighted by atomic mass is 16.5. The second-order valence-electron chi connectivity index (χ2n) is 5.92. The molecule has 20 heavy (non-hydrogen) atoms. The van der Waals surface area contributed by atoms with Crippen molar-refractivity contribution in [1.29, 1.82) is 0 Å². The van der Waals surface area contributed by atoms with Gasteiger partial charge in [0.2, 0.25) is 0 Å². The van der Waals surface area contributed by atoms with E-state index < -0.39 is 0 Å². The number of rotatable bonds is 6. The lowest BCUT2D eigenvalue weighted by molar-refractivity contribution is 0.0994. The standard InChI is InChI=1S/C16H26N2O2/c1-12-10-17-15(13(2)16(12)19)11-18(3)8-4-6-14-7-5-9-20-14/h10,14H,4-9,11H2,1-3H3,(H,17,19)/t14-/m1/s1. The fourth-order valence-corrected chi connectivity index (χ4v) is 2.78. The van der Waals surface area contributed by atoms with Crippen molar-refractivity contribution in [2.75, 3.05) is 20.2 Å². The molecule has 0 aromatic carbocycles. The lowest BCUT2D eigenvalue weighted by Crippen LogP contribution is -2.24. The maximum absolute atomic E-state index is 11.9. The largest absolute Gasteiger partial charge is 0.378 e. The highest BCUT2D eigenvalue weighted by Crippen LogP contribution is 2.17. The molecule has 0 saturated carbocycles. The van der Waals surface area contributed by atoms with Gasteiger partial charge in [-0.2, -0.15) is 0 Å². The smallest absolute Gasteiger partial charge is 0.187 e. The van der Waals surface area contributed by atoms with E-state index in [0.717, 1.165) is 49.4 Å². The first-order valence-electron chi connectivity index (χ1n) is 7.56. The molecule has 1 N–H and O–H groups in total. The van der Waals surface area contributed by atoms with Crippen LogP contribution >= 0.6 is 0 Å². The van der Waals surface area contributed by atoms with E-state index in [2.05, 4.69) is 16.9 Å². The third-order valence-electron chi connectivity index (χ3n) is 4.13. The van der Waals surface area contributed by atoms with Crippen molar-refractivity contribution in [3.8, 4) is 0 Å². The number of hydrogen-bond acceptors (Lipinski definition) is 3. The number of pyridine rings is 1. The molecule has 1 aromatic rings. The van der Waals surface area contributed by atoms with Crippen molar-refractivity contribution in [2.45, 2.75) is 52.2 Å². The van der Waals surface area contributed by atoms with Gasteiger partial charge in [-0.1, -0.05) is 0 Å². The lowest BCUT2D eigenvalue weighted by Gasteiger charge is -2.18. The second-order valence-corrected chi connectivity index (χ2v) is 5.92. The molecule has 2 rings (SSSR count). The van der Waals surface area contributed by atoms with Gasteiger partial charge < -0.3 is 14.6 Å². The first kappa shape index (κ1) is 15.3. The molecule has 4 heteroatoms. The molecular formula is C16H26N2O2. The summed E-state index contributed by atoms with van der Waals surface area (Å²) < 4.78 is 5.64. The van der Waals surface area contributed by atoms with Crippen molar-refractivity contribution >= 4 is 0 Å². The van der Waals surface area contributed by atoms with E-state index in [4.69, 9.17) is 4.74 Å². The van der Waals surface area contributed by atoms with Crippen LogP contribution in [0.3, 0.4) is 0 Å². The van der Waals surface area contributed by atoms with Crippen molar-refractivity contribution < 1.29 is 4.74 Å². The topological polar surface area (TPSA) is 45.3 Å². The van der Waals surface area contributed by atoms with Crippen LogP contribution in [0.25, 0.3) is 0 Å². The minimum atomic E-state index is 0.159. The number of nitrogens with zero attached hydrogens (tertiary/aromatic N) is 1. The van der Waals surface area contributed by atoms with Crippen LogP contribution in [-0.2, 0) is 11.3 Å². The number of ether oxygens (including phenoxy) is 1. The van der Waals surface area contributed by atoms with Crippen LogP contribution in [0.15, 0.2) is 11.0 Å². The zero-order valence-corrected chi connectivity index (χ0v) is 12.9. The monoisotopic (exact) mass is 278 g/mol. The van der Waals surface area contributed by atoms with E-state index in [9.17, 15) is 4.79 Å². The molecule has 0 amide bonds. The van der Waals surface area contributed by atoms with Crippen LogP contribution in [-0.4, -0.2) is 36.2 Å². The summed E-state index contributed by atoms with van der Waals surface area (Å²) in [6, 6.07) is 0. The molecule has 1 aromatic heterocycles. The van der Waals surface area contributed by atoms with E-state index in [1.165, 1.54) is 12.8 Å². The van der Waals surface area contributed by atoms with Crippen molar-refractivity contribution in [3.63, 3.8) is 0 Å². The summed E-state index contributed by atoms with van der Waals surface area (Å²) in [5.74, 6) is 0. The average molecular weight is 278 g/mol. The number of aromatic amines is 1. The van der Waals surface area contributed by atoms with Gasteiger partial charge in [0.25, 0.3) is 0 Å². The number of aromatic nitrogens is 1. The van der Waals surface area contributed by atoms with E-state index in [1.54, 1.807) is 0 Å². The van der Waals surface area contributed by atoms with Crippen LogP contribution in [0.1, 0.15) is 42.5 Å². The molecule has 1 saturated heterocycles. The van der Waals surface area contributed by atoms with E-state index in [0.29, 0.717) is 6.10 Å². The molecule has 1 atom stereocenters. The summed E-state index contributed by atoms with van der Waals surface area (Å²) >= 11 is 0. The van der Waals surface area contributed by atoms with Crippen molar-refractivity contribution in [3.05, 3.63) is 33.2 Å². The first-order chi connectivity index (χ1) is 9.58. The lowest BCUT2D eigenvalue weighted by atomic mass is 10.1. The molecule has 1 aliphatic rings. The predicted molar refractivity (Wildman–Crippen MR) is 81.1 cm³/mol. The average Bonchev–Trinajstić information content (AvgIpc) is 2.93. The number of hydrogen-bond donors (Lipinski definition) is 1. The number of aryl methyl sites for hydroxylation is 1. The normalized spacial score (nSPS) is 18.9. The van der Waals surface area contributed by atoms with Gasteiger partial charge in [0.05, 0.1) is 6.10 Å². The van der Waals surface area contributed by atoms with Crippen LogP contribution < -0.4 is 5.43 Å². The second kappa shape index (κ2) is 7.04. The zero-order valence-electron chi connectivity index (χ0n) is 12.9. The maximum atomic E-state index is 11.9. The predicted octanol–water partition coefficient (Wildman–Crippen LogP) is 2.38. The van der Waals surface area contributed by atoms with Gasteiger partial charge in [-0.25, -0.2) is 0 Å². The van der Waals surface area contributed by atoms with Gasteiger partial charge in [0.15, 0.2) is 5.43 Å². The Kier molecular flexibility index (Phi) is 5.38. The molecule has 0 bridgehead atoms. The molecule has 2 heterocycles. The highest BCUT2D eigenvalue weighted by Gasteiger charge is 2.15. The molecule has 0 spiro atoms. The minimum absolute atomic E-state index is 0.159. The summed E-state index contributed by atoms with van der Waals surface area (Å²) in [5, 5.41) is 0. The van der Waals surface area contributed by atoms with Gasteiger partial charge in [-0.3, -0.25) is 4.79 Å². The quantitative estimate of drug-likeness (QED) is 0.869. The molecule has 0 aliphatic carbocycles. The van der Waals surface area contributed by atoms with Gasteiger partial charge in [0, 0.05) is 36.2 Å². The van der Waals surface area contributed by atoms with Crippen LogP contribution in [0.4, 0.5) is 0 Å². The Balaban J connectivity index is 1.80. The van der Waals surface area contributed by atoms with Crippen LogP contribution in [0.2, 0.25) is 0 Å². The van der Waals surface area contributed by atoms with Crippen molar-refractivity contribution in [2.24, 2.45) is 0 Å². The summed E-state index contributed by atoms with van der Waals surface area (Å²) in [4.78, 5) is 17.4. The molecule has 4 nitrogen and oxygen atoms in total. The van der Waals surface area contributed by atoms with Gasteiger partial charge >= 0.3 is 0 Å². The third-order valence-corrected chi connectivity index (χ3v) is 4.13. The third kappa shape index (κ3) is 3.93. The summed E-state index contributed by atoms with van der Waals surface area (Å²) in [7, 11) is 2.10. The fraction of sp³-hybridized carbons (Fsp3) is 0.688. The summed E-state index contributed by atoms with van der Waals surface area (Å²) in [6.07, 6.45) is 7.01. The zero-order chi connectivity index (χ0) is 14.5.